The van der Waals surface area contributed by atoms with Crippen LogP contribution in [0.15, 0.2) is 24.3 Å². The number of hydrogen-bond donors (Lipinski definition) is 2. The van der Waals surface area contributed by atoms with Crippen LogP contribution in [0.4, 0.5) is 10.2 Å². The molecule has 0 bridgehead atoms. The van der Waals surface area contributed by atoms with Crippen LogP contribution in [0.1, 0.15) is 30.0 Å². The number of hydrogen-bond acceptors (Lipinski definition) is 3. The molecule has 0 saturated heterocycles. The van der Waals surface area contributed by atoms with Crippen LogP contribution in [0.2, 0.25) is 0 Å². The molecular weight excluding hydrogens is 267 g/mol. The highest BCUT2D eigenvalue weighted by Gasteiger charge is 2.30. The van der Waals surface area contributed by atoms with E-state index >= 15 is 0 Å². The third-order valence-electron chi connectivity index (χ3n) is 4.00. The first-order valence-corrected chi connectivity index (χ1v) is 7.05. The predicted octanol–water partition coefficient (Wildman–Crippen LogP) is 3.53. The first kappa shape index (κ1) is 12.3. The van der Waals surface area contributed by atoms with Gasteiger partial charge in [0.1, 0.15) is 17.3 Å². The van der Waals surface area contributed by atoms with Crippen LogP contribution in [0.25, 0.3) is 22.4 Å². The van der Waals surface area contributed by atoms with Gasteiger partial charge in [-0.25, -0.2) is 14.4 Å². The Bertz CT molecular complexity index is 832. The van der Waals surface area contributed by atoms with Crippen LogP contribution in [0.3, 0.4) is 0 Å². The second kappa shape index (κ2) is 4.28. The SMILES string of the molecule is Cc1[nH]c2nc(-c3ccc(F)cc3)nc(N)c2c1C1CC1. The highest BCUT2D eigenvalue weighted by Crippen LogP contribution is 2.45. The molecule has 106 valence electrons. The lowest BCUT2D eigenvalue weighted by Gasteiger charge is -2.04. The molecule has 1 aliphatic carbocycles. The van der Waals surface area contributed by atoms with Gasteiger partial charge in [-0.2, -0.15) is 0 Å². The minimum atomic E-state index is -0.278. The van der Waals surface area contributed by atoms with Gasteiger partial charge in [-0.1, -0.05) is 0 Å². The molecule has 0 radical (unpaired) electrons. The number of aromatic amines is 1. The van der Waals surface area contributed by atoms with Gasteiger partial charge >= 0.3 is 0 Å². The van der Waals surface area contributed by atoms with E-state index in [2.05, 4.69) is 15.0 Å². The summed E-state index contributed by atoms with van der Waals surface area (Å²) in [4.78, 5) is 12.3. The number of benzene rings is 1. The number of nitrogens with two attached hydrogens (primary N) is 1. The number of rotatable bonds is 2. The summed E-state index contributed by atoms with van der Waals surface area (Å²) in [6, 6.07) is 6.12. The second-order valence-corrected chi connectivity index (χ2v) is 5.60. The molecule has 3 aromatic rings. The summed E-state index contributed by atoms with van der Waals surface area (Å²) in [5.74, 6) is 1.31. The normalized spacial score (nSPS) is 14.8. The number of nitrogens with zero attached hydrogens (tertiary/aromatic N) is 2. The average Bonchev–Trinajstić information content (AvgIpc) is 3.22. The van der Waals surface area contributed by atoms with Gasteiger partial charge in [-0.15, -0.1) is 0 Å². The van der Waals surface area contributed by atoms with E-state index in [0.29, 0.717) is 17.6 Å². The monoisotopic (exact) mass is 282 g/mol. The Balaban J connectivity index is 1.91. The fourth-order valence-corrected chi connectivity index (χ4v) is 2.88. The van der Waals surface area contributed by atoms with E-state index in [1.165, 1.54) is 30.5 Å². The quantitative estimate of drug-likeness (QED) is 0.755. The van der Waals surface area contributed by atoms with E-state index in [1.807, 2.05) is 6.92 Å². The van der Waals surface area contributed by atoms with Crippen LogP contribution in [0.5, 0.6) is 0 Å². The van der Waals surface area contributed by atoms with Gasteiger partial charge in [0.2, 0.25) is 0 Å². The number of anilines is 1. The molecule has 1 aliphatic rings. The molecule has 4 nitrogen and oxygen atoms in total. The highest BCUT2D eigenvalue weighted by molar-refractivity contribution is 5.92. The van der Waals surface area contributed by atoms with E-state index in [-0.39, 0.29) is 5.82 Å². The lowest BCUT2D eigenvalue weighted by atomic mass is 10.1. The highest BCUT2D eigenvalue weighted by atomic mass is 19.1. The summed E-state index contributed by atoms with van der Waals surface area (Å²) in [6.45, 7) is 2.05. The zero-order chi connectivity index (χ0) is 14.6. The molecule has 0 aliphatic heterocycles. The summed E-state index contributed by atoms with van der Waals surface area (Å²) in [5.41, 5.74) is 10.1. The predicted molar refractivity (Wildman–Crippen MR) is 80.4 cm³/mol. The standard InChI is InChI=1S/C16H15FN4/c1-8-12(9-2-3-9)13-14(18)20-15(21-16(13)19-8)10-4-6-11(17)7-5-10/h4-7,9H,2-3H2,1H3,(H3,18,19,20,21). The van der Waals surface area contributed by atoms with E-state index < -0.39 is 0 Å². The molecule has 1 aromatic carbocycles. The Morgan fingerprint density at radius 3 is 2.57 bits per heavy atom. The fourth-order valence-electron chi connectivity index (χ4n) is 2.88. The number of halogens is 1. The first-order valence-electron chi connectivity index (χ1n) is 7.05. The lowest BCUT2D eigenvalue weighted by molar-refractivity contribution is 0.628. The number of H-pyrrole nitrogens is 1. The van der Waals surface area contributed by atoms with E-state index in [4.69, 9.17) is 5.73 Å². The Hall–Kier alpha value is -2.43. The Kier molecular flexibility index (Phi) is 2.51. The number of fused-ring (bicyclic) bond motifs is 1. The molecule has 5 heteroatoms. The van der Waals surface area contributed by atoms with Crippen molar-refractivity contribution in [2.24, 2.45) is 0 Å². The summed E-state index contributed by atoms with van der Waals surface area (Å²) in [7, 11) is 0. The van der Waals surface area contributed by atoms with Crippen LogP contribution in [0, 0.1) is 12.7 Å². The van der Waals surface area contributed by atoms with Gasteiger partial charge in [0.05, 0.1) is 5.39 Å². The van der Waals surface area contributed by atoms with Crippen molar-refractivity contribution in [3.63, 3.8) is 0 Å². The van der Waals surface area contributed by atoms with Gasteiger partial charge in [0.25, 0.3) is 0 Å². The maximum atomic E-state index is 13.0. The molecular formula is C16H15FN4. The van der Waals surface area contributed by atoms with Crippen LogP contribution < -0.4 is 5.73 Å². The van der Waals surface area contributed by atoms with Crippen molar-refractivity contribution in [2.75, 3.05) is 5.73 Å². The molecule has 0 spiro atoms. The van der Waals surface area contributed by atoms with Crippen LogP contribution >= 0.6 is 0 Å². The van der Waals surface area contributed by atoms with Crippen molar-refractivity contribution < 1.29 is 4.39 Å². The van der Waals surface area contributed by atoms with Crippen molar-refractivity contribution in [1.82, 2.24) is 15.0 Å². The largest absolute Gasteiger partial charge is 0.383 e. The lowest BCUT2D eigenvalue weighted by Crippen LogP contribution is -1.98. The average molecular weight is 282 g/mol. The Morgan fingerprint density at radius 2 is 1.90 bits per heavy atom. The topological polar surface area (TPSA) is 67.6 Å². The second-order valence-electron chi connectivity index (χ2n) is 5.60. The molecule has 3 N–H and O–H groups in total. The third-order valence-corrected chi connectivity index (χ3v) is 4.00. The molecule has 4 rings (SSSR count). The van der Waals surface area contributed by atoms with Crippen molar-refractivity contribution >= 4 is 16.9 Å². The molecule has 21 heavy (non-hydrogen) atoms. The first-order chi connectivity index (χ1) is 10.1. The number of nitrogens with one attached hydrogen (secondary N) is 1. The molecule has 2 heterocycles. The van der Waals surface area contributed by atoms with Crippen LogP contribution in [-0.4, -0.2) is 15.0 Å². The minimum absolute atomic E-state index is 0.278. The van der Waals surface area contributed by atoms with E-state index in [1.54, 1.807) is 12.1 Å². The van der Waals surface area contributed by atoms with Crippen molar-refractivity contribution in [3.05, 3.63) is 41.3 Å². The number of aromatic nitrogens is 3. The molecule has 1 fully saturated rings. The maximum Gasteiger partial charge on any atom is 0.163 e. The summed E-state index contributed by atoms with van der Waals surface area (Å²) in [5, 5.41) is 0.945. The maximum absolute atomic E-state index is 13.0. The van der Waals surface area contributed by atoms with Crippen molar-refractivity contribution in [1.29, 1.82) is 0 Å². The number of nitrogen functional groups attached to an aromatic ring is 1. The molecule has 0 amide bonds. The van der Waals surface area contributed by atoms with Crippen molar-refractivity contribution in [2.45, 2.75) is 25.7 Å². The van der Waals surface area contributed by atoms with Gasteiger partial charge in [0.15, 0.2) is 5.82 Å². The minimum Gasteiger partial charge on any atom is -0.383 e. The van der Waals surface area contributed by atoms with E-state index in [9.17, 15) is 4.39 Å². The molecule has 1 saturated carbocycles. The summed E-state index contributed by atoms with van der Waals surface area (Å²) >= 11 is 0. The molecule has 0 atom stereocenters. The fraction of sp³-hybridized carbons (Fsp3) is 0.250. The Morgan fingerprint density at radius 1 is 1.19 bits per heavy atom. The van der Waals surface area contributed by atoms with Crippen LogP contribution in [-0.2, 0) is 0 Å². The van der Waals surface area contributed by atoms with Gasteiger partial charge in [-0.3, -0.25) is 0 Å². The molecule has 2 aromatic heterocycles. The van der Waals surface area contributed by atoms with Gasteiger partial charge in [-0.05, 0) is 55.5 Å². The zero-order valence-corrected chi connectivity index (χ0v) is 11.7. The Labute approximate surface area is 121 Å². The van der Waals surface area contributed by atoms with Gasteiger partial charge in [0, 0.05) is 11.3 Å². The molecule has 0 unspecified atom stereocenters. The smallest absolute Gasteiger partial charge is 0.163 e. The van der Waals surface area contributed by atoms with Crippen molar-refractivity contribution in [3.8, 4) is 11.4 Å². The summed E-state index contributed by atoms with van der Waals surface area (Å²) in [6.07, 6.45) is 2.40. The van der Waals surface area contributed by atoms with E-state index in [0.717, 1.165) is 22.3 Å². The third kappa shape index (κ3) is 1.96. The zero-order valence-electron chi connectivity index (χ0n) is 11.7. The van der Waals surface area contributed by atoms with Gasteiger partial charge < -0.3 is 10.7 Å². The summed E-state index contributed by atoms with van der Waals surface area (Å²) < 4.78 is 13.0. The number of aryl methyl sites for hydroxylation is 1.